The number of nitrogens with zero attached hydrogens (tertiary/aromatic N) is 2. The van der Waals surface area contributed by atoms with Crippen LogP contribution in [0.4, 0.5) is 0 Å². The molecule has 0 aliphatic heterocycles. The number of aliphatic hydroxyl groups excluding tert-OH is 1. The number of aromatic nitrogens is 2. The Bertz CT molecular complexity index is 847. The van der Waals surface area contributed by atoms with E-state index in [1.165, 1.54) is 12.5 Å². The first-order valence-corrected chi connectivity index (χ1v) is 10.9. The number of imidazole rings is 1. The number of aliphatic hydroxyl groups is 1. The van der Waals surface area contributed by atoms with E-state index in [-0.39, 0.29) is 31.1 Å². The lowest BCUT2D eigenvalue weighted by Gasteiger charge is -2.24. The second-order valence-corrected chi connectivity index (χ2v) is 7.59. The number of aliphatic carboxylic acids is 1. The van der Waals surface area contributed by atoms with Gasteiger partial charge in [0.2, 0.25) is 17.7 Å². The molecule has 0 aliphatic carbocycles. The number of thiol groups is 1. The van der Waals surface area contributed by atoms with Crippen LogP contribution in [-0.2, 0) is 25.6 Å². The average Bonchev–Trinajstić information content (AvgIpc) is 3.30. The molecule has 0 aromatic carbocycles. The van der Waals surface area contributed by atoms with Gasteiger partial charge in [-0.25, -0.2) is 9.78 Å². The molecule has 4 atom stereocenters. The van der Waals surface area contributed by atoms with Gasteiger partial charge in [-0.15, -0.1) is 0 Å². The topological polar surface area (TPSA) is 264 Å². The number of H-pyrrole nitrogens is 1. The molecular weight excluding hydrogens is 470 g/mol. The number of amides is 3. The first-order chi connectivity index (χ1) is 16.1. The predicted molar refractivity (Wildman–Crippen MR) is 125 cm³/mol. The Morgan fingerprint density at radius 2 is 1.71 bits per heavy atom. The Balaban J connectivity index is 2.81. The third kappa shape index (κ3) is 10.1. The molecule has 34 heavy (non-hydrogen) atoms. The maximum atomic E-state index is 12.7. The van der Waals surface area contributed by atoms with Crippen LogP contribution in [0.15, 0.2) is 17.5 Å². The first kappa shape index (κ1) is 28.7. The Labute approximate surface area is 200 Å². The third-order valence-corrected chi connectivity index (χ3v) is 4.89. The van der Waals surface area contributed by atoms with Crippen molar-refractivity contribution in [2.24, 2.45) is 22.2 Å². The largest absolute Gasteiger partial charge is 0.480 e. The quantitative estimate of drug-likeness (QED) is 0.0479. The zero-order valence-electron chi connectivity index (χ0n) is 18.3. The van der Waals surface area contributed by atoms with E-state index < -0.39 is 54.5 Å². The van der Waals surface area contributed by atoms with Crippen LogP contribution in [0.1, 0.15) is 18.5 Å². The van der Waals surface area contributed by atoms with E-state index in [9.17, 15) is 24.3 Å². The number of carboxylic acid groups (broad SMARTS) is 1. The van der Waals surface area contributed by atoms with E-state index in [4.69, 9.17) is 22.3 Å². The Morgan fingerprint density at radius 1 is 1.09 bits per heavy atom. The Morgan fingerprint density at radius 3 is 2.24 bits per heavy atom. The standard InChI is InChI=1S/C18H31N9O6S/c19-10(2-1-3-23-18(20)21)14(29)26-12(6-28)16(31)25-11(4-9-5-22-8-24-9)15(30)27-13(7-34)17(32)33/h5,8,10-13,28,34H,1-4,6-7,19H2,(H,22,24)(H,25,31)(H,26,29)(H,27,30)(H,32,33)(H4,20,21,23). The third-order valence-electron chi connectivity index (χ3n) is 4.53. The summed E-state index contributed by atoms with van der Waals surface area (Å²) in [5, 5.41) is 25.7. The highest BCUT2D eigenvalue weighted by Gasteiger charge is 2.30. The highest BCUT2D eigenvalue weighted by molar-refractivity contribution is 7.80. The van der Waals surface area contributed by atoms with Crippen molar-refractivity contribution in [3.8, 4) is 0 Å². The molecule has 3 amide bonds. The van der Waals surface area contributed by atoms with Crippen molar-refractivity contribution in [2.75, 3.05) is 18.9 Å². The summed E-state index contributed by atoms with van der Waals surface area (Å²) in [5.41, 5.74) is 16.7. The molecule has 0 saturated carbocycles. The fraction of sp³-hybridized carbons (Fsp3) is 0.556. The summed E-state index contributed by atoms with van der Waals surface area (Å²) in [6, 6.07) is -4.93. The minimum atomic E-state index is -1.41. The van der Waals surface area contributed by atoms with Crippen LogP contribution >= 0.6 is 12.6 Å². The number of nitrogens with one attached hydrogen (secondary N) is 4. The number of hydrogen-bond acceptors (Lipinski definition) is 9. The second-order valence-electron chi connectivity index (χ2n) is 7.22. The Kier molecular flexibility index (Phi) is 12.4. The van der Waals surface area contributed by atoms with Gasteiger partial charge in [-0.05, 0) is 12.8 Å². The molecule has 0 saturated heterocycles. The summed E-state index contributed by atoms with van der Waals surface area (Å²) >= 11 is 3.89. The molecule has 1 aromatic heterocycles. The predicted octanol–water partition coefficient (Wildman–Crippen LogP) is -4.21. The van der Waals surface area contributed by atoms with Gasteiger partial charge in [0, 0.05) is 30.6 Å². The first-order valence-electron chi connectivity index (χ1n) is 10.2. The number of carbonyl (C=O) groups is 4. The zero-order chi connectivity index (χ0) is 25.7. The highest BCUT2D eigenvalue weighted by atomic mass is 32.1. The molecule has 4 unspecified atom stereocenters. The van der Waals surface area contributed by atoms with Crippen molar-refractivity contribution in [3.63, 3.8) is 0 Å². The van der Waals surface area contributed by atoms with Crippen LogP contribution in [-0.4, -0.2) is 92.9 Å². The van der Waals surface area contributed by atoms with Crippen molar-refractivity contribution in [2.45, 2.75) is 43.4 Å². The van der Waals surface area contributed by atoms with Crippen molar-refractivity contribution in [1.82, 2.24) is 25.9 Å². The van der Waals surface area contributed by atoms with Crippen molar-refractivity contribution in [1.29, 1.82) is 0 Å². The zero-order valence-corrected chi connectivity index (χ0v) is 19.2. The van der Waals surface area contributed by atoms with Crippen molar-refractivity contribution >= 4 is 42.3 Å². The summed E-state index contributed by atoms with van der Waals surface area (Å²) in [4.78, 5) is 59.2. The fourth-order valence-electron chi connectivity index (χ4n) is 2.68. The lowest BCUT2D eigenvalue weighted by Crippen LogP contribution is -2.58. The van der Waals surface area contributed by atoms with E-state index in [1.807, 2.05) is 0 Å². The van der Waals surface area contributed by atoms with Crippen LogP contribution < -0.4 is 33.2 Å². The number of aromatic amines is 1. The summed E-state index contributed by atoms with van der Waals surface area (Å²) in [7, 11) is 0. The van der Waals surface area contributed by atoms with Gasteiger partial charge < -0.3 is 48.3 Å². The summed E-state index contributed by atoms with van der Waals surface area (Å²) < 4.78 is 0. The van der Waals surface area contributed by atoms with E-state index in [2.05, 4.69) is 43.5 Å². The van der Waals surface area contributed by atoms with Crippen LogP contribution in [0.3, 0.4) is 0 Å². The van der Waals surface area contributed by atoms with Crippen LogP contribution in [0.5, 0.6) is 0 Å². The van der Waals surface area contributed by atoms with Gasteiger partial charge in [-0.1, -0.05) is 0 Å². The number of aliphatic imine (C=N–C) groups is 1. The van der Waals surface area contributed by atoms with E-state index in [0.29, 0.717) is 12.1 Å². The van der Waals surface area contributed by atoms with Gasteiger partial charge in [0.15, 0.2) is 5.96 Å². The second kappa shape index (κ2) is 14.7. The number of carboxylic acids is 1. The van der Waals surface area contributed by atoms with E-state index in [0.717, 1.165) is 0 Å². The smallest absolute Gasteiger partial charge is 0.327 e. The molecule has 1 aromatic rings. The molecule has 1 heterocycles. The van der Waals surface area contributed by atoms with Gasteiger partial charge in [0.25, 0.3) is 0 Å². The van der Waals surface area contributed by atoms with Crippen LogP contribution in [0, 0.1) is 0 Å². The summed E-state index contributed by atoms with van der Waals surface area (Å²) in [6.07, 6.45) is 3.35. The number of rotatable bonds is 15. The molecule has 190 valence electrons. The molecule has 16 heteroatoms. The Hall–Kier alpha value is -3.37. The lowest BCUT2D eigenvalue weighted by molar-refractivity contribution is -0.141. The molecule has 1 rings (SSSR count). The molecule has 0 aliphatic rings. The molecular formula is C18H31N9O6S. The maximum Gasteiger partial charge on any atom is 0.327 e. The number of hydrogen-bond donors (Lipinski definition) is 10. The minimum Gasteiger partial charge on any atom is -0.480 e. The molecule has 0 spiro atoms. The van der Waals surface area contributed by atoms with Gasteiger partial charge in [0.1, 0.15) is 18.1 Å². The average molecular weight is 502 g/mol. The van der Waals surface area contributed by atoms with E-state index in [1.54, 1.807) is 0 Å². The highest BCUT2D eigenvalue weighted by Crippen LogP contribution is 2.02. The van der Waals surface area contributed by atoms with Crippen molar-refractivity contribution in [3.05, 3.63) is 18.2 Å². The molecule has 0 bridgehead atoms. The molecule has 0 fully saturated rings. The maximum absolute atomic E-state index is 12.7. The summed E-state index contributed by atoms with van der Waals surface area (Å²) in [5.74, 6) is -3.95. The van der Waals surface area contributed by atoms with Gasteiger partial charge in [-0.3, -0.25) is 19.4 Å². The van der Waals surface area contributed by atoms with Gasteiger partial charge in [-0.2, -0.15) is 12.6 Å². The van der Waals surface area contributed by atoms with Gasteiger partial charge >= 0.3 is 5.97 Å². The number of nitrogens with two attached hydrogens (primary N) is 3. The van der Waals surface area contributed by atoms with Crippen LogP contribution in [0.25, 0.3) is 0 Å². The monoisotopic (exact) mass is 501 g/mol. The fourth-order valence-corrected chi connectivity index (χ4v) is 2.93. The molecule has 12 N–H and O–H groups in total. The normalized spacial score (nSPS) is 14.2. The van der Waals surface area contributed by atoms with E-state index >= 15 is 0 Å². The summed E-state index contributed by atoms with van der Waals surface area (Å²) in [6.45, 7) is -0.508. The lowest BCUT2D eigenvalue weighted by atomic mass is 10.1. The van der Waals surface area contributed by atoms with Crippen LogP contribution in [0.2, 0.25) is 0 Å². The number of guanidine groups is 1. The minimum absolute atomic E-state index is 0.0626. The molecule has 0 radical (unpaired) electrons. The molecule has 15 nitrogen and oxygen atoms in total. The SMILES string of the molecule is NC(N)=NCCCC(N)C(=O)NC(CO)C(=O)NC(Cc1cnc[nH]1)C(=O)NC(CS)C(=O)O. The van der Waals surface area contributed by atoms with Gasteiger partial charge in [0.05, 0.1) is 19.0 Å². The van der Waals surface area contributed by atoms with Crippen molar-refractivity contribution < 1.29 is 29.4 Å². The number of carbonyl (C=O) groups excluding carboxylic acids is 3.